The fraction of sp³-hybridized carbons (Fsp3) is 0.391. The number of allylic oxidation sites excluding steroid dienone is 1. The Morgan fingerprint density at radius 2 is 1.77 bits per heavy atom. The third kappa shape index (κ3) is 3.75. The SMILES string of the molecule is CCc1ccc(-c2ccc3c(c2Cl)C(OC2OC(CO)C(O)C(O)C2O)=CC3)cc1. The molecule has 5 atom stereocenters. The first kappa shape index (κ1) is 21.3. The van der Waals surface area contributed by atoms with Gasteiger partial charge in [0, 0.05) is 11.1 Å². The Kier molecular flexibility index (Phi) is 6.16. The summed E-state index contributed by atoms with van der Waals surface area (Å²) in [5.41, 5.74) is 4.78. The van der Waals surface area contributed by atoms with Gasteiger partial charge in [0.25, 0.3) is 0 Å². The molecule has 1 heterocycles. The Morgan fingerprint density at radius 1 is 1.03 bits per heavy atom. The Labute approximate surface area is 180 Å². The van der Waals surface area contributed by atoms with E-state index in [9.17, 15) is 20.4 Å². The van der Waals surface area contributed by atoms with Crippen molar-refractivity contribution >= 4 is 17.4 Å². The highest BCUT2D eigenvalue weighted by Crippen LogP contribution is 2.41. The summed E-state index contributed by atoms with van der Waals surface area (Å²) in [6.45, 7) is 1.59. The van der Waals surface area contributed by atoms with Gasteiger partial charge in [-0.1, -0.05) is 54.9 Å². The van der Waals surface area contributed by atoms with E-state index in [1.807, 2.05) is 30.3 Å². The van der Waals surface area contributed by atoms with Crippen LogP contribution in [-0.2, 0) is 22.3 Å². The maximum absolute atomic E-state index is 10.3. The summed E-state index contributed by atoms with van der Waals surface area (Å²) in [7, 11) is 0. The number of hydrogen-bond acceptors (Lipinski definition) is 6. The van der Waals surface area contributed by atoms with Crippen LogP contribution in [0.1, 0.15) is 23.6 Å². The molecule has 6 nitrogen and oxygen atoms in total. The molecule has 30 heavy (non-hydrogen) atoms. The van der Waals surface area contributed by atoms with Gasteiger partial charge in [-0.2, -0.15) is 0 Å². The molecule has 1 fully saturated rings. The van der Waals surface area contributed by atoms with Crippen molar-refractivity contribution < 1.29 is 29.9 Å². The van der Waals surface area contributed by atoms with Crippen LogP contribution in [0.4, 0.5) is 0 Å². The van der Waals surface area contributed by atoms with Gasteiger partial charge < -0.3 is 29.9 Å². The van der Waals surface area contributed by atoms with Gasteiger partial charge in [0.05, 0.1) is 11.6 Å². The number of halogens is 1. The van der Waals surface area contributed by atoms with Crippen molar-refractivity contribution in [2.24, 2.45) is 0 Å². The molecule has 1 saturated heterocycles. The molecule has 1 aliphatic carbocycles. The van der Waals surface area contributed by atoms with Crippen LogP contribution >= 0.6 is 11.6 Å². The lowest BCUT2D eigenvalue weighted by Crippen LogP contribution is -2.59. The molecule has 0 spiro atoms. The zero-order valence-corrected chi connectivity index (χ0v) is 17.3. The third-order valence-electron chi connectivity index (χ3n) is 5.75. The summed E-state index contributed by atoms with van der Waals surface area (Å²) in [6.07, 6.45) is -3.29. The van der Waals surface area contributed by atoms with Crippen molar-refractivity contribution in [3.8, 4) is 11.1 Å². The van der Waals surface area contributed by atoms with E-state index >= 15 is 0 Å². The molecule has 0 bridgehead atoms. The molecule has 0 amide bonds. The van der Waals surface area contributed by atoms with E-state index in [-0.39, 0.29) is 0 Å². The Morgan fingerprint density at radius 3 is 2.43 bits per heavy atom. The van der Waals surface area contributed by atoms with Crippen molar-refractivity contribution in [2.45, 2.75) is 50.5 Å². The quantitative estimate of drug-likeness (QED) is 0.578. The smallest absolute Gasteiger partial charge is 0.229 e. The highest BCUT2D eigenvalue weighted by Gasteiger charge is 2.45. The van der Waals surface area contributed by atoms with Crippen LogP contribution in [0.15, 0.2) is 42.5 Å². The van der Waals surface area contributed by atoms with E-state index in [1.54, 1.807) is 0 Å². The van der Waals surface area contributed by atoms with Crippen LogP contribution in [0.3, 0.4) is 0 Å². The predicted octanol–water partition coefficient (Wildman–Crippen LogP) is 2.28. The minimum atomic E-state index is -1.50. The van der Waals surface area contributed by atoms with Gasteiger partial charge in [-0.15, -0.1) is 0 Å². The van der Waals surface area contributed by atoms with Crippen LogP contribution in [0.5, 0.6) is 0 Å². The van der Waals surface area contributed by atoms with Crippen molar-refractivity contribution in [3.05, 3.63) is 64.2 Å². The highest BCUT2D eigenvalue weighted by molar-refractivity contribution is 6.35. The van der Waals surface area contributed by atoms with E-state index in [0.29, 0.717) is 22.8 Å². The molecule has 2 aliphatic rings. The summed E-state index contributed by atoms with van der Waals surface area (Å²) in [6, 6.07) is 12.2. The minimum absolute atomic E-state index is 0.436. The predicted molar refractivity (Wildman–Crippen MR) is 113 cm³/mol. The molecule has 0 saturated carbocycles. The molecule has 0 aromatic heterocycles. The second kappa shape index (κ2) is 8.67. The molecule has 5 unspecified atom stereocenters. The Hall–Kier alpha value is -1.93. The minimum Gasteiger partial charge on any atom is -0.462 e. The van der Waals surface area contributed by atoms with Crippen LogP contribution in [-0.4, -0.2) is 57.7 Å². The summed E-state index contributed by atoms with van der Waals surface area (Å²) in [4.78, 5) is 0. The summed E-state index contributed by atoms with van der Waals surface area (Å²) < 4.78 is 11.3. The van der Waals surface area contributed by atoms with Crippen LogP contribution < -0.4 is 0 Å². The first-order valence-electron chi connectivity index (χ1n) is 10.0. The zero-order chi connectivity index (χ0) is 21.4. The molecule has 4 N–H and O–H groups in total. The lowest BCUT2D eigenvalue weighted by atomic mass is 9.98. The zero-order valence-electron chi connectivity index (χ0n) is 16.5. The standard InChI is InChI=1S/C23H25ClO6/c1-2-12-3-5-13(6-4-12)15-9-7-14-8-10-16(18(14)19(15)24)29-23-22(28)21(27)20(26)17(11-25)30-23/h3-7,9-10,17,20-23,25-28H,2,8,11H2,1H3. The molecule has 2 aromatic rings. The van der Waals surface area contributed by atoms with Gasteiger partial charge in [0.15, 0.2) is 0 Å². The Bertz CT molecular complexity index is 939. The van der Waals surface area contributed by atoms with Crippen LogP contribution in [0, 0.1) is 0 Å². The normalized spacial score (nSPS) is 28.2. The monoisotopic (exact) mass is 432 g/mol. The molecule has 1 aliphatic heterocycles. The van der Waals surface area contributed by atoms with Crippen LogP contribution in [0.2, 0.25) is 5.02 Å². The number of fused-ring (bicyclic) bond motifs is 1. The van der Waals surface area contributed by atoms with E-state index in [2.05, 4.69) is 19.1 Å². The van der Waals surface area contributed by atoms with Gasteiger partial charge in [-0.3, -0.25) is 0 Å². The number of aliphatic hydroxyl groups excluding tert-OH is 4. The first-order valence-corrected chi connectivity index (χ1v) is 10.4. The second-order valence-electron chi connectivity index (χ2n) is 7.60. The maximum atomic E-state index is 10.3. The molecule has 2 aromatic carbocycles. The third-order valence-corrected chi connectivity index (χ3v) is 6.14. The molecular weight excluding hydrogens is 408 g/mol. The largest absolute Gasteiger partial charge is 0.462 e. The van der Waals surface area contributed by atoms with Gasteiger partial charge in [-0.25, -0.2) is 0 Å². The lowest BCUT2D eigenvalue weighted by molar-refractivity contribution is -0.284. The van der Waals surface area contributed by atoms with E-state index < -0.39 is 37.3 Å². The summed E-state index contributed by atoms with van der Waals surface area (Å²) >= 11 is 6.77. The number of rotatable bonds is 5. The van der Waals surface area contributed by atoms with Gasteiger partial charge in [0.1, 0.15) is 30.2 Å². The van der Waals surface area contributed by atoms with E-state index in [4.69, 9.17) is 21.1 Å². The fourth-order valence-corrected chi connectivity index (χ4v) is 4.28. The number of aryl methyl sites for hydroxylation is 1. The first-order chi connectivity index (χ1) is 14.4. The molecule has 7 heteroatoms. The number of ether oxygens (including phenoxy) is 2. The average Bonchev–Trinajstić information content (AvgIpc) is 3.18. The Balaban J connectivity index is 1.62. The van der Waals surface area contributed by atoms with Crippen molar-refractivity contribution in [1.82, 2.24) is 0 Å². The van der Waals surface area contributed by atoms with Crippen molar-refractivity contribution in [2.75, 3.05) is 6.61 Å². The number of aliphatic hydroxyl groups is 4. The number of hydrogen-bond donors (Lipinski definition) is 4. The van der Waals surface area contributed by atoms with E-state index in [1.165, 1.54) is 5.56 Å². The summed E-state index contributed by atoms with van der Waals surface area (Å²) in [5, 5.41) is 40.2. The van der Waals surface area contributed by atoms with Gasteiger partial charge >= 0.3 is 0 Å². The summed E-state index contributed by atoms with van der Waals surface area (Å²) in [5.74, 6) is 0.436. The van der Waals surface area contributed by atoms with Crippen molar-refractivity contribution in [1.29, 1.82) is 0 Å². The highest BCUT2D eigenvalue weighted by atomic mass is 35.5. The molecule has 4 rings (SSSR count). The van der Waals surface area contributed by atoms with Gasteiger partial charge in [-0.05, 0) is 35.6 Å². The van der Waals surface area contributed by atoms with E-state index in [0.717, 1.165) is 23.1 Å². The maximum Gasteiger partial charge on any atom is 0.229 e. The lowest BCUT2D eigenvalue weighted by Gasteiger charge is -2.39. The fourth-order valence-electron chi connectivity index (χ4n) is 3.90. The average molecular weight is 433 g/mol. The molecular formula is C23H25ClO6. The second-order valence-corrected chi connectivity index (χ2v) is 7.98. The van der Waals surface area contributed by atoms with Gasteiger partial charge in [0.2, 0.25) is 6.29 Å². The molecule has 0 radical (unpaired) electrons. The molecule has 160 valence electrons. The topological polar surface area (TPSA) is 99.4 Å². The van der Waals surface area contributed by atoms with Crippen LogP contribution in [0.25, 0.3) is 16.9 Å². The van der Waals surface area contributed by atoms with Crippen molar-refractivity contribution in [3.63, 3.8) is 0 Å². The number of benzene rings is 2.